The van der Waals surface area contributed by atoms with Gasteiger partial charge in [-0.3, -0.25) is 0 Å². The van der Waals surface area contributed by atoms with Crippen LogP contribution in [0.1, 0.15) is 17.5 Å². The number of benzene rings is 1. The van der Waals surface area contributed by atoms with E-state index >= 15 is 0 Å². The summed E-state index contributed by atoms with van der Waals surface area (Å²) in [6.45, 7) is 3.28. The Labute approximate surface area is 125 Å². The molecule has 2 N–H and O–H groups in total. The van der Waals surface area contributed by atoms with Crippen LogP contribution in [0.5, 0.6) is 5.75 Å². The summed E-state index contributed by atoms with van der Waals surface area (Å²) in [5, 5.41) is 4.32. The molecule has 2 aromatic rings. The van der Waals surface area contributed by atoms with Gasteiger partial charge >= 0.3 is 0 Å². The van der Waals surface area contributed by atoms with Gasteiger partial charge < -0.3 is 15.4 Å². The van der Waals surface area contributed by atoms with Gasteiger partial charge in [-0.1, -0.05) is 18.2 Å². The molecule has 0 aliphatic rings. The molecule has 2 rings (SSSR count). The summed E-state index contributed by atoms with van der Waals surface area (Å²) >= 11 is 1.75. The Balaban J connectivity index is 1.68. The normalized spacial score (nSPS) is 10.9. The summed E-state index contributed by atoms with van der Waals surface area (Å²) in [7, 11) is 2.14. The van der Waals surface area contributed by atoms with E-state index in [4.69, 9.17) is 10.5 Å². The van der Waals surface area contributed by atoms with Crippen LogP contribution in [0.2, 0.25) is 0 Å². The van der Waals surface area contributed by atoms with Crippen molar-refractivity contribution < 1.29 is 4.74 Å². The largest absolute Gasteiger partial charge is 0.493 e. The quantitative estimate of drug-likeness (QED) is 0.759. The van der Waals surface area contributed by atoms with Gasteiger partial charge in [0, 0.05) is 25.2 Å². The Morgan fingerprint density at radius 2 is 2.10 bits per heavy atom. The van der Waals surface area contributed by atoms with Gasteiger partial charge in [-0.2, -0.15) is 11.3 Å². The highest BCUT2D eigenvalue weighted by Crippen LogP contribution is 2.17. The van der Waals surface area contributed by atoms with Gasteiger partial charge in [-0.25, -0.2) is 0 Å². The zero-order valence-corrected chi connectivity index (χ0v) is 12.7. The lowest BCUT2D eigenvalue weighted by atomic mass is 10.2. The first-order chi connectivity index (χ1) is 9.79. The van der Waals surface area contributed by atoms with Crippen LogP contribution in [-0.4, -0.2) is 25.1 Å². The van der Waals surface area contributed by atoms with Crippen LogP contribution in [0.15, 0.2) is 41.1 Å². The first-order valence-corrected chi connectivity index (χ1v) is 7.84. The fourth-order valence-electron chi connectivity index (χ4n) is 2.10. The maximum Gasteiger partial charge on any atom is 0.123 e. The lowest BCUT2D eigenvalue weighted by molar-refractivity contribution is 0.257. The summed E-state index contributed by atoms with van der Waals surface area (Å²) < 4.78 is 5.81. The van der Waals surface area contributed by atoms with Crippen molar-refractivity contribution in [1.29, 1.82) is 0 Å². The minimum Gasteiger partial charge on any atom is -0.493 e. The molecule has 0 radical (unpaired) electrons. The smallest absolute Gasteiger partial charge is 0.123 e. The van der Waals surface area contributed by atoms with Gasteiger partial charge in [0.1, 0.15) is 5.75 Å². The summed E-state index contributed by atoms with van der Waals surface area (Å²) in [6, 6.07) is 10.1. The summed E-state index contributed by atoms with van der Waals surface area (Å²) in [5.41, 5.74) is 8.14. The molecule has 1 aromatic heterocycles. The van der Waals surface area contributed by atoms with Crippen molar-refractivity contribution >= 4 is 11.3 Å². The molecule has 0 aliphatic heterocycles. The first-order valence-electron chi connectivity index (χ1n) is 6.90. The summed E-state index contributed by atoms with van der Waals surface area (Å²) in [6.07, 6.45) is 1.01. The summed E-state index contributed by atoms with van der Waals surface area (Å²) in [5.74, 6) is 0.912. The molecule has 0 bridgehead atoms. The number of hydrogen-bond donors (Lipinski definition) is 1. The molecule has 1 aromatic carbocycles. The Kier molecular flexibility index (Phi) is 6.05. The lowest BCUT2D eigenvalue weighted by Crippen LogP contribution is -2.20. The highest BCUT2D eigenvalue weighted by atomic mass is 32.1. The Hall–Kier alpha value is -1.36. The molecule has 0 saturated heterocycles. The van der Waals surface area contributed by atoms with Crippen molar-refractivity contribution in [3.63, 3.8) is 0 Å². The molecule has 0 spiro atoms. The average Bonchev–Trinajstić information content (AvgIpc) is 2.97. The highest BCUT2D eigenvalue weighted by molar-refractivity contribution is 7.07. The molecule has 108 valence electrons. The van der Waals surface area contributed by atoms with Crippen LogP contribution in [0, 0.1) is 0 Å². The van der Waals surface area contributed by atoms with E-state index in [0.29, 0.717) is 6.54 Å². The minimum absolute atomic E-state index is 0.522. The number of nitrogens with zero attached hydrogens (tertiary/aromatic N) is 1. The van der Waals surface area contributed by atoms with E-state index in [1.165, 1.54) is 5.56 Å². The van der Waals surface area contributed by atoms with Crippen LogP contribution in [0.25, 0.3) is 0 Å². The molecule has 0 fully saturated rings. The van der Waals surface area contributed by atoms with Crippen molar-refractivity contribution in [2.45, 2.75) is 19.5 Å². The number of para-hydroxylation sites is 1. The highest BCUT2D eigenvalue weighted by Gasteiger charge is 2.03. The van der Waals surface area contributed by atoms with E-state index in [0.717, 1.165) is 37.4 Å². The third-order valence-electron chi connectivity index (χ3n) is 3.17. The van der Waals surface area contributed by atoms with E-state index in [-0.39, 0.29) is 0 Å². The molecule has 1 heterocycles. The molecule has 4 heteroatoms. The van der Waals surface area contributed by atoms with E-state index < -0.39 is 0 Å². The second-order valence-electron chi connectivity index (χ2n) is 4.88. The molecule has 0 unspecified atom stereocenters. The molecule has 0 amide bonds. The number of hydrogen-bond acceptors (Lipinski definition) is 4. The lowest BCUT2D eigenvalue weighted by Gasteiger charge is -2.16. The van der Waals surface area contributed by atoms with Crippen LogP contribution < -0.4 is 10.5 Å². The van der Waals surface area contributed by atoms with Gasteiger partial charge in [0.05, 0.1) is 6.61 Å². The number of thiophene rings is 1. The van der Waals surface area contributed by atoms with Gasteiger partial charge in [-0.05, 0) is 41.9 Å². The van der Waals surface area contributed by atoms with Crippen LogP contribution in [-0.2, 0) is 13.1 Å². The second-order valence-corrected chi connectivity index (χ2v) is 5.66. The average molecular weight is 290 g/mol. The van der Waals surface area contributed by atoms with E-state index in [1.54, 1.807) is 11.3 Å². The van der Waals surface area contributed by atoms with E-state index in [1.807, 2.05) is 24.3 Å². The SMILES string of the molecule is CN(CCCOc1ccccc1CN)Cc1ccsc1. The molecular weight excluding hydrogens is 268 g/mol. The molecule has 0 aliphatic carbocycles. The van der Waals surface area contributed by atoms with Gasteiger partial charge in [0.15, 0.2) is 0 Å². The molecule has 0 atom stereocenters. The minimum atomic E-state index is 0.522. The predicted octanol–water partition coefficient (Wildman–Crippen LogP) is 3.11. The van der Waals surface area contributed by atoms with Crippen molar-refractivity contribution in [3.05, 3.63) is 52.2 Å². The van der Waals surface area contributed by atoms with Gasteiger partial charge in [0.25, 0.3) is 0 Å². The third-order valence-corrected chi connectivity index (χ3v) is 3.90. The van der Waals surface area contributed by atoms with Crippen LogP contribution in [0.4, 0.5) is 0 Å². The molecule has 3 nitrogen and oxygen atoms in total. The van der Waals surface area contributed by atoms with Crippen molar-refractivity contribution in [2.24, 2.45) is 5.73 Å². The predicted molar refractivity (Wildman–Crippen MR) is 85.1 cm³/mol. The molecule has 20 heavy (non-hydrogen) atoms. The number of rotatable bonds is 8. The monoisotopic (exact) mass is 290 g/mol. The third kappa shape index (κ3) is 4.63. The number of nitrogens with two attached hydrogens (primary N) is 1. The topological polar surface area (TPSA) is 38.5 Å². The Bertz CT molecular complexity index is 499. The molecule has 0 saturated carbocycles. The first kappa shape index (κ1) is 15.0. The van der Waals surface area contributed by atoms with Crippen LogP contribution >= 0.6 is 11.3 Å². The maximum absolute atomic E-state index is 5.81. The maximum atomic E-state index is 5.81. The second kappa shape index (κ2) is 8.04. The van der Waals surface area contributed by atoms with Crippen molar-refractivity contribution in [3.8, 4) is 5.75 Å². The Morgan fingerprint density at radius 1 is 1.25 bits per heavy atom. The molecular formula is C16H22N2OS. The fraction of sp³-hybridized carbons (Fsp3) is 0.375. The van der Waals surface area contributed by atoms with Crippen molar-refractivity contribution in [2.75, 3.05) is 20.2 Å². The van der Waals surface area contributed by atoms with E-state index in [9.17, 15) is 0 Å². The standard InChI is InChI=1S/C16H22N2OS/c1-18(12-14-7-10-20-13-14)8-4-9-19-16-6-3-2-5-15(16)11-17/h2-3,5-7,10,13H,4,8-9,11-12,17H2,1H3. The Morgan fingerprint density at radius 3 is 2.85 bits per heavy atom. The zero-order valence-electron chi connectivity index (χ0n) is 11.9. The number of ether oxygens (including phenoxy) is 1. The van der Waals surface area contributed by atoms with Crippen LogP contribution in [0.3, 0.4) is 0 Å². The van der Waals surface area contributed by atoms with Crippen molar-refractivity contribution in [1.82, 2.24) is 4.90 Å². The van der Waals surface area contributed by atoms with E-state index in [2.05, 4.69) is 28.8 Å². The zero-order chi connectivity index (χ0) is 14.2. The van der Waals surface area contributed by atoms with Gasteiger partial charge in [0.2, 0.25) is 0 Å². The fourth-order valence-corrected chi connectivity index (χ4v) is 2.76. The van der Waals surface area contributed by atoms with Gasteiger partial charge in [-0.15, -0.1) is 0 Å². The summed E-state index contributed by atoms with van der Waals surface area (Å²) in [4.78, 5) is 2.32.